The average molecular weight is 293 g/mol. The molecule has 1 fully saturated rings. The number of likely N-dealkylation sites (tertiary alicyclic amines) is 1. The van der Waals surface area contributed by atoms with Crippen molar-refractivity contribution in [2.45, 2.75) is 12.5 Å². The van der Waals surface area contributed by atoms with Crippen LogP contribution in [0.4, 0.5) is 0 Å². The molecular weight excluding hydrogens is 274 g/mol. The largest absolute Gasteiger partial charge is 0.497 e. The van der Waals surface area contributed by atoms with Gasteiger partial charge in [-0.3, -0.25) is 9.59 Å². The summed E-state index contributed by atoms with van der Waals surface area (Å²) in [6.45, 7) is 0.750. The normalized spacial score (nSPS) is 21.6. The van der Waals surface area contributed by atoms with Crippen molar-refractivity contribution in [1.82, 2.24) is 4.90 Å². The van der Waals surface area contributed by atoms with Crippen LogP contribution in [0.2, 0.25) is 0 Å². The van der Waals surface area contributed by atoms with Crippen LogP contribution in [0.5, 0.6) is 5.75 Å². The first-order chi connectivity index (χ1) is 10.1. The van der Waals surface area contributed by atoms with Gasteiger partial charge in [-0.2, -0.15) is 0 Å². The summed E-state index contributed by atoms with van der Waals surface area (Å²) in [6.07, 6.45) is 0.0148. The molecule has 1 saturated heterocycles. The van der Waals surface area contributed by atoms with Crippen LogP contribution < -0.4 is 4.74 Å². The maximum Gasteiger partial charge on any atom is 0.309 e. The molecule has 1 aromatic rings. The van der Waals surface area contributed by atoms with Gasteiger partial charge in [0.15, 0.2) is 0 Å². The molecule has 1 amide bonds. The number of aliphatic carboxylic acids is 1. The highest BCUT2D eigenvalue weighted by Crippen LogP contribution is 2.39. The number of carboxylic acids is 1. The van der Waals surface area contributed by atoms with Gasteiger partial charge in [0.1, 0.15) is 5.75 Å². The zero-order chi connectivity index (χ0) is 15.4. The number of nitrogens with zero attached hydrogens (tertiary/aromatic N) is 1. The van der Waals surface area contributed by atoms with Gasteiger partial charge < -0.3 is 19.5 Å². The summed E-state index contributed by atoms with van der Waals surface area (Å²) < 4.78 is 10.2. The fraction of sp³-hybridized carbons (Fsp3) is 0.467. The number of hydrogen-bond donors (Lipinski definition) is 1. The zero-order valence-corrected chi connectivity index (χ0v) is 12.1. The molecule has 1 aromatic carbocycles. The number of rotatable bonds is 6. The molecule has 1 heterocycles. The fourth-order valence-corrected chi connectivity index (χ4v) is 2.70. The maximum absolute atomic E-state index is 12.1. The first-order valence-corrected chi connectivity index (χ1v) is 6.73. The SMILES string of the molecule is COCCN1C(=O)CC(C(=O)O)C1c1cccc(OC)c1. The van der Waals surface area contributed by atoms with Crippen LogP contribution in [-0.4, -0.2) is 49.3 Å². The molecule has 1 N–H and O–H groups in total. The monoisotopic (exact) mass is 293 g/mol. The predicted molar refractivity (Wildman–Crippen MR) is 75.1 cm³/mol. The minimum absolute atomic E-state index is 0.0148. The molecule has 1 aliphatic heterocycles. The van der Waals surface area contributed by atoms with E-state index in [4.69, 9.17) is 9.47 Å². The van der Waals surface area contributed by atoms with Crippen molar-refractivity contribution in [1.29, 1.82) is 0 Å². The second kappa shape index (κ2) is 6.58. The van der Waals surface area contributed by atoms with E-state index in [1.165, 1.54) is 0 Å². The minimum Gasteiger partial charge on any atom is -0.497 e. The summed E-state index contributed by atoms with van der Waals surface area (Å²) in [6, 6.07) is 6.70. The van der Waals surface area contributed by atoms with Gasteiger partial charge in [-0.05, 0) is 17.7 Å². The van der Waals surface area contributed by atoms with Crippen molar-refractivity contribution in [2.75, 3.05) is 27.4 Å². The third-order valence-electron chi connectivity index (χ3n) is 3.72. The molecule has 114 valence electrons. The molecular formula is C15H19NO5. The Hall–Kier alpha value is -2.08. The standard InChI is InChI=1S/C15H19NO5/c1-20-7-6-16-13(17)9-12(15(18)19)14(16)10-4-3-5-11(8-10)21-2/h3-5,8,12,14H,6-7,9H2,1-2H3,(H,18,19). The van der Waals surface area contributed by atoms with Gasteiger partial charge in [0.2, 0.25) is 5.91 Å². The van der Waals surface area contributed by atoms with Crippen LogP contribution in [0.3, 0.4) is 0 Å². The summed E-state index contributed by atoms with van der Waals surface area (Å²) in [5.74, 6) is -1.23. The van der Waals surface area contributed by atoms with Gasteiger partial charge in [0, 0.05) is 20.1 Å². The number of ether oxygens (including phenoxy) is 2. The van der Waals surface area contributed by atoms with Crippen LogP contribution in [0.15, 0.2) is 24.3 Å². The molecule has 0 aromatic heterocycles. The Morgan fingerprint density at radius 2 is 2.19 bits per heavy atom. The number of benzene rings is 1. The maximum atomic E-state index is 12.1. The van der Waals surface area contributed by atoms with E-state index in [0.29, 0.717) is 18.9 Å². The Morgan fingerprint density at radius 1 is 1.43 bits per heavy atom. The lowest BCUT2D eigenvalue weighted by atomic mass is 9.93. The first-order valence-electron chi connectivity index (χ1n) is 6.73. The Balaban J connectivity index is 2.36. The van der Waals surface area contributed by atoms with Crippen molar-refractivity contribution >= 4 is 11.9 Å². The quantitative estimate of drug-likeness (QED) is 0.856. The second-order valence-electron chi connectivity index (χ2n) is 4.95. The molecule has 21 heavy (non-hydrogen) atoms. The Bertz CT molecular complexity index is 531. The Morgan fingerprint density at radius 3 is 2.81 bits per heavy atom. The molecule has 0 aliphatic carbocycles. The van der Waals surface area contributed by atoms with Gasteiger partial charge in [-0.15, -0.1) is 0 Å². The van der Waals surface area contributed by atoms with Crippen LogP contribution in [-0.2, 0) is 14.3 Å². The highest BCUT2D eigenvalue weighted by molar-refractivity contribution is 5.87. The third kappa shape index (κ3) is 3.16. The summed E-state index contributed by atoms with van der Waals surface area (Å²) >= 11 is 0. The summed E-state index contributed by atoms with van der Waals surface area (Å²) in [4.78, 5) is 25.2. The molecule has 6 nitrogen and oxygen atoms in total. The van der Waals surface area contributed by atoms with Gasteiger partial charge in [0.25, 0.3) is 0 Å². The van der Waals surface area contributed by atoms with E-state index in [1.54, 1.807) is 37.3 Å². The van der Waals surface area contributed by atoms with Crippen molar-refractivity contribution < 1.29 is 24.2 Å². The van der Waals surface area contributed by atoms with E-state index >= 15 is 0 Å². The number of carboxylic acid groups (broad SMARTS) is 1. The first kappa shape index (κ1) is 15.3. The summed E-state index contributed by atoms with van der Waals surface area (Å²) in [5, 5.41) is 9.39. The van der Waals surface area contributed by atoms with Crippen molar-refractivity contribution in [2.24, 2.45) is 5.92 Å². The molecule has 2 unspecified atom stereocenters. The van der Waals surface area contributed by atoms with Gasteiger partial charge in [0.05, 0.1) is 25.7 Å². The van der Waals surface area contributed by atoms with E-state index in [-0.39, 0.29) is 12.3 Å². The number of amides is 1. The smallest absolute Gasteiger partial charge is 0.309 e. The van der Waals surface area contributed by atoms with Gasteiger partial charge in [-0.25, -0.2) is 0 Å². The molecule has 1 aliphatic rings. The summed E-state index contributed by atoms with van der Waals surface area (Å²) in [5.41, 5.74) is 0.767. The highest BCUT2D eigenvalue weighted by Gasteiger charge is 2.44. The van der Waals surface area contributed by atoms with Crippen molar-refractivity contribution in [3.63, 3.8) is 0 Å². The molecule has 0 spiro atoms. The van der Waals surface area contributed by atoms with Crippen LogP contribution >= 0.6 is 0 Å². The number of hydrogen-bond acceptors (Lipinski definition) is 4. The number of carbonyl (C=O) groups excluding carboxylic acids is 1. The topological polar surface area (TPSA) is 76.1 Å². The van der Waals surface area contributed by atoms with E-state index in [9.17, 15) is 14.7 Å². The van der Waals surface area contributed by atoms with Crippen LogP contribution in [0.25, 0.3) is 0 Å². The van der Waals surface area contributed by atoms with E-state index < -0.39 is 17.9 Å². The van der Waals surface area contributed by atoms with Crippen LogP contribution in [0.1, 0.15) is 18.0 Å². The number of carbonyl (C=O) groups is 2. The highest BCUT2D eigenvalue weighted by atomic mass is 16.5. The van der Waals surface area contributed by atoms with E-state index in [1.807, 2.05) is 6.07 Å². The van der Waals surface area contributed by atoms with Crippen molar-refractivity contribution in [3.05, 3.63) is 29.8 Å². The molecule has 0 radical (unpaired) electrons. The third-order valence-corrected chi connectivity index (χ3v) is 3.72. The lowest BCUT2D eigenvalue weighted by Gasteiger charge is -2.27. The Kier molecular flexibility index (Phi) is 4.80. The molecule has 0 saturated carbocycles. The van der Waals surface area contributed by atoms with Crippen molar-refractivity contribution in [3.8, 4) is 5.75 Å². The lowest BCUT2D eigenvalue weighted by Crippen LogP contribution is -2.33. The summed E-state index contributed by atoms with van der Waals surface area (Å²) in [7, 11) is 3.10. The second-order valence-corrected chi connectivity index (χ2v) is 4.95. The van der Waals surface area contributed by atoms with Crippen LogP contribution in [0, 0.1) is 5.92 Å². The fourth-order valence-electron chi connectivity index (χ4n) is 2.70. The van der Waals surface area contributed by atoms with E-state index in [0.717, 1.165) is 5.56 Å². The van der Waals surface area contributed by atoms with Gasteiger partial charge in [-0.1, -0.05) is 12.1 Å². The minimum atomic E-state index is -0.962. The van der Waals surface area contributed by atoms with E-state index in [2.05, 4.69) is 0 Å². The lowest BCUT2D eigenvalue weighted by molar-refractivity contribution is -0.142. The predicted octanol–water partition coefficient (Wildman–Crippen LogP) is 1.32. The Labute approximate surface area is 123 Å². The molecule has 2 atom stereocenters. The van der Waals surface area contributed by atoms with Gasteiger partial charge >= 0.3 is 5.97 Å². The average Bonchev–Trinajstić information content (AvgIpc) is 2.82. The number of methoxy groups -OCH3 is 2. The zero-order valence-electron chi connectivity index (χ0n) is 12.1. The molecule has 2 rings (SSSR count). The molecule has 0 bridgehead atoms. The molecule has 6 heteroatoms.